The van der Waals surface area contributed by atoms with Crippen molar-refractivity contribution in [1.29, 1.82) is 0 Å². The summed E-state index contributed by atoms with van der Waals surface area (Å²) in [6.07, 6.45) is 0. The predicted molar refractivity (Wildman–Crippen MR) is 68.6 cm³/mol. The average Bonchev–Trinajstić information content (AvgIpc) is 2.51. The third-order valence-corrected chi connectivity index (χ3v) is 4.23. The van der Waals surface area contributed by atoms with E-state index in [2.05, 4.69) is 46.5 Å². The van der Waals surface area contributed by atoms with E-state index in [1.807, 2.05) is 0 Å². The number of nitrogens with one attached hydrogen (secondary N) is 1. The Morgan fingerprint density at radius 1 is 1.60 bits per heavy atom. The van der Waals surface area contributed by atoms with Gasteiger partial charge in [-0.15, -0.1) is 11.3 Å². The number of ketones is 1. The van der Waals surface area contributed by atoms with Gasteiger partial charge in [0.05, 0.1) is 6.54 Å². The van der Waals surface area contributed by atoms with Gasteiger partial charge in [0.15, 0.2) is 0 Å². The van der Waals surface area contributed by atoms with Crippen LogP contribution in [0.15, 0.2) is 15.9 Å². The largest absolute Gasteiger partial charge is 0.309 e. The molecule has 0 saturated carbocycles. The van der Waals surface area contributed by atoms with Crippen molar-refractivity contribution in [1.82, 2.24) is 5.32 Å². The summed E-state index contributed by atoms with van der Waals surface area (Å²) in [4.78, 5) is 12.1. The second-order valence-electron chi connectivity index (χ2n) is 4.32. The van der Waals surface area contributed by atoms with Crippen LogP contribution >= 0.6 is 27.3 Å². The van der Waals surface area contributed by atoms with E-state index >= 15 is 0 Å². The number of carbonyl (C=O) groups is 1. The summed E-state index contributed by atoms with van der Waals surface area (Å²) in [6.45, 7) is 7.23. The van der Waals surface area contributed by atoms with Gasteiger partial charge in [0.25, 0.3) is 0 Å². The van der Waals surface area contributed by atoms with Crippen LogP contribution < -0.4 is 5.32 Å². The molecule has 0 aliphatic rings. The first-order valence-electron chi connectivity index (χ1n) is 4.86. The molecule has 1 heterocycles. The fourth-order valence-electron chi connectivity index (χ4n) is 1.31. The predicted octanol–water partition coefficient (Wildman–Crippen LogP) is 2.97. The minimum absolute atomic E-state index is 0.0755. The summed E-state index contributed by atoms with van der Waals surface area (Å²) in [7, 11) is 0. The Kier molecular flexibility index (Phi) is 4.49. The number of rotatable bonds is 5. The molecule has 0 aliphatic carbocycles. The molecule has 0 bridgehead atoms. The molecule has 1 aromatic rings. The molecule has 84 valence electrons. The second-order valence-corrected chi connectivity index (χ2v) is 6.15. The summed E-state index contributed by atoms with van der Waals surface area (Å²) in [5.41, 5.74) is 0.0755. The minimum atomic E-state index is 0.0755. The molecular formula is C11H16BrNOS. The average molecular weight is 290 g/mol. The maximum atomic E-state index is 10.8. The third kappa shape index (κ3) is 4.05. The molecule has 0 aromatic carbocycles. The van der Waals surface area contributed by atoms with Crippen molar-refractivity contribution in [2.45, 2.75) is 26.2 Å². The van der Waals surface area contributed by atoms with E-state index < -0.39 is 0 Å². The van der Waals surface area contributed by atoms with E-state index in [4.69, 9.17) is 0 Å². The Labute approximate surface area is 103 Å². The number of Topliss-reactive ketones (excluding diaryl/α,β-unsaturated/α-hetero) is 1. The summed E-state index contributed by atoms with van der Waals surface area (Å²) in [6, 6.07) is 2.14. The molecule has 1 N–H and O–H groups in total. The van der Waals surface area contributed by atoms with Crippen LogP contribution in [0.5, 0.6) is 0 Å². The molecule has 0 spiro atoms. The molecule has 4 heteroatoms. The molecule has 0 saturated heterocycles. The Morgan fingerprint density at radius 2 is 2.27 bits per heavy atom. The lowest BCUT2D eigenvalue weighted by molar-refractivity contribution is -0.116. The molecule has 0 fully saturated rings. The van der Waals surface area contributed by atoms with E-state index in [0.717, 1.165) is 11.0 Å². The summed E-state index contributed by atoms with van der Waals surface area (Å²) >= 11 is 5.20. The molecule has 0 radical (unpaired) electrons. The molecule has 1 aromatic heterocycles. The van der Waals surface area contributed by atoms with Crippen molar-refractivity contribution in [2.24, 2.45) is 0 Å². The fraction of sp³-hybridized carbons (Fsp3) is 0.545. The van der Waals surface area contributed by atoms with Crippen LogP contribution in [-0.2, 0) is 10.2 Å². The van der Waals surface area contributed by atoms with Gasteiger partial charge in [-0.1, -0.05) is 13.8 Å². The highest BCUT2D eigenvalue weighted by atomic mass is 79.9. The van der Waals surface area contributed by atoms with Gasteiger partial charge in [-0.25, -0.2) is 0 Å². The Balaban J connectivity index is 2.55. The fourth-order valence-corrected chi connectivity index (χ4v) is 2.86. The number of hydrogen-bond acceptors (Lipinski definition) is 3. The molecule has 0 atom stereocenters. The zero-order valence-corrected chi connectivity index (χ0v) is 11.7. The molecule has 15 heavy (non-hydrogen) atoms. The van der Waals surface area contributed by atoms with Crippen LogP contribution in [0.4, 0.5) is 0 Å². The quantitative estimate of drug-likeness (QED) is 0.903. The van der Waals surface area contributed by atoms with Gasteiger partial charge >= 0.3 is 0 Å². The highest BCUT2D eigenvalue weighted by Crippen LogP contribution is 2.30. The molecular weight excluding hydrogens is 274 g/mol. The molecule has 0 amide bonds. The maximum Gasteiger partial charge on any atom is 0.143 e. The molecule has 0 aliphatic heterocycles. The van der Waals surface area contributed by atoms with Crippen molar-refractivity contribution in [3.05, 3.63) is 20.8 Å². The zero-order valence-electron chi connectivity index (χ0n) is 9.26. The van der Waals surface area contributed by atoms with E-state index in [9.17, 15) is 4.79 Å². The van der Waals surface area contributed by atoms with Crippen molar-refractivity contribution in [3.8, 4) is 0 Å². The van der Waals surface area contributed by atoms with Crippen LogP contribution in [-0.4, -0.2) is 18.9 Å². The van der Waals surface area contributed by atoms with E-state index in [0.29, 0.717) is 6.54 Å². The maximum absolute atomic E-state index is 10.8. The van der Waals surface area contributed by atoms with Gasteiger partial charge in [0, 0.05) is 26.7 Å². The monoisotopic (exact) mass is 289 g/mol. The zero-order chi connectivity index (χ0) is 11.5. The van der Waals surface area contributed by atoms with Crippen molar-refractivity contribution < 1.29 is 4.79 Å². The molecule has 2 nitrogen and oxygen atoms in total. The molecule has 1 rings (SSSR count). The Hall–Kier alpha value is -0.190. The lowest BCUT2D eigenvalue weighted by Crippen LogP contribution is -2.34. The highest BCUT2D eigenvalue weighted by Gasteiger charge is 2.21. The topological polar surface area (TPSA) is 29.1 Å². The van der Waals surface area contributed by atoms with Crippen molar-refractivity contribution in [3.63, 3.8) is 0 Å². The van der Waals surface area contributed by atoms with Gasteiger partial charge < -0.3 is 5.32 Å². The van der Waals surface area contributed by atoms with Crippen molar-refractivity contribution >= 4 is 33.0 Å². The number of thiophene rings is 1. The first-order valence-corrected chi connectivity index (χ1v) is 6.54. The standard InChI is InChI=1S/C11H16BrNOS/c1-8(14)5-13-7-11(2,3)10-4-9(12)6-15-10/h4,6,13H,5,7H2,1-3H3. The van der Waals surface area contributed by atoms with E-state index in [1.54, 1.807) is 18.3 Å². The van der Waals surface area contributed by atoms with Crippen LogP contribution in [0.25, 0.3) is 0 Å². The highest BCUT2D eigenvalue weighted by molar-refractivity contribution is 9.10. The first kappa shape index (κ1) is 12.9. The first-order chi connectivity index (χ1) is 6.92. The van der Waals surface area contributed by atoms with Gasteiger partial charge in [-0.05, 0) is 28.9 Å². The van der Waals surface area contributed by atoms with Crippen molar-refractivity contribution in [2.75, 3.05) is 13.1 Å². The van der Waals surface area contributed by atoms with Crippen LogP contribution in [0.2, 0.25) is 0 Å². The normalized spacial score (nSPS) is 11.7. The number of halogens is 1. The smallest absolute Gasteiger partial charge is 0.143 e. The van der Waals surface area contributed by atoms with Gasteiger partial charge in [-0.2, -0.15) is 0 Å². The van der Waals surface area contributed by atoms with Crippen LogP contribution in [0.1, 0.15) is 25.6 Å². The SMILES string of the molecule is CC(=O)CNCC(C)(C)c1cc(Br)cs1. The number of hydrogen-bond donors (Lipinski definition) is 1. The second kappa shape index (κ2) is 5.23. The van der Waals surface area contributed by atoms with Gasteiger partial charge in [-0.3, -0.25) is 4.79 Å². The minimum Gasteiger partial charge on any atom is -0.309 e. The van der Waals surface area contributed by atoms with Crippen LogP contribution in [0.3, 0.4) is 0 Å². The molecule has 0 unspecified atom stereocenters. The summed E-state index contributed by atoms with van der Waals surface area (Å²) < 4.78 is 1.13. The Morgan fingerprint density at radius 3 is 2.73 bits per heavy atom. The van der Waals surface area contributed by atoms with E-state index in [-0.39, 0.29) is 11.2 Å². The lowest BCUT2D eigenvalue weighted by atomic mass is 9.91. The lowest BCUT2D eigenvalue weighted by Gasteiger charge is -2.23. The van der Waals surface area contributed by atoms with E-state index in [1.165, 1.54) is 4.88 Å². The van der Waals surface area contributed by atoms with Gasteiger partial charge in [0.2, 0.25) is 0 Å². The van der Waals surface area contributed by atoms with Gasteiger partial charge in [0.1, 0.15) is 5.78 Å². The summed E-state index contributed by atoms with van der Waals surface area (Å²) in [5.74, 6) is 0.179. The summed E-state index contributed by atoms with van der Waals surface area (Å²) in [5, 5.41) is 5.26. The number of carbonyl (C=O) groups excluding carboxylic acids is 1. The van der Waals surface area contributed by atoms with Crippen LogP contribution in [0, 0.1) is 0 Å². The third-order valence-electron chi connectivity index (χ3n) is 2.18. The Bertz CT molecular complexity index is 346.